The third-order valence-electron chi connectivity index (χ3n) is 6.23. The zero-order chi connectivity index (χ0) is 25.9. The lowest BCUT2D eigenvalue weighted by Crippen LogP contribution is -2.55. The summed E-state index contributed by atoms with van der Waals surface area (Å²) in [4.78, 5) is 23.1. The summed E-state index contributed by atoms with van der Waals surface area (Å²) >= 11 is 0. The molecule has 1 fully saturated rings. The molecular formula is C24H34N6O5S. The second kappa shape index (κ2) is 11.1. The summed E-state index contributed by atoms with van der Waals surface area (Å²) < 4.78 is 38.7. The highest BCUT2D eigenvalue weighted by Gasteiger charge is 2.30. The van der Waals surface area contributed by atoms with Crippen LogP contribution in [0.5, 0.6) is 5.75 Å². The van der Waals surface area contributed by atoms with E-state index in [-0.39, 0.29) is 16.3 Å². The second-order valence-electron chi connectivity index (χ2n) is 9.02. The van der Waals surface area contributed by atoms with Crippen molar-refractivity contribution in [2.75, 3.05) is 33.4 Å². The van der Waals surface area contributed by atoms with Crippen LogP contribution in [0.15, 0.2) is 27.9 Å². The van der Waals surface area contributed by atoms with Gasteiger partial charge in [-0.2, -0.15) is 5.10 Å². The number of benzene rings is 1. The fourth-order valence-electron chi connectivity index (χ4n) is 4.49. The lowest BCUT2D eigenvalue weighted by Gasteiger charge is -2.38. The van der Waals surface area contributed by atoms with E-state index in [1.165, 1.54) is 16.8 Å². The number of nitrogens with one attached hydrogen (secondary N) is 2. The largest absolute Gasteiger partial charge is 0.493 e. The van der Waals surface area contributed by atoms with Crippen LogP contribution in [0.4, 0.5) is 0 Å². The second-order valence-corrected chi connectivity index (χ2v) is 10.7. The first-order valence-corrected chi connectivity index (χ1v) is 13.7. The number of hydrogen-bond acceptors (Lipinski definition) is 8. The van der Waals surface area contributed by atoms with Crippen molar-refractivity contribution in [3.8, 4) is 17.1 Å². The maximum absolute atomic E-state index is 13.2. The average Bonchev–Trinajstić information content (AvgIpc) is 3.13. The van der Waals surface area contributed by atoms with Gasteiger partial charge in [0, 0.05) is 33.9 Å². The first-order valence-electron chi connectivity index (χ1n) is 12.3. The zero-order valence-corrected chi connectivity index (χ0v) is 22.0. The Bertz CT molecular complexity index is 1380. The van der Waals surface area contributed by atoms with Gasteiger partial charge in [0.15, 0.2) is 5.52 Å². The lowest BCUT2D eigenvalue weighted by atomic mass is 9.97. The molecule has 36 heavy (non-hydrogen) atoms. The van der Waals surface area contributed by atoms with E-state index in [4.69, 9.17) is 14.5 Å². The molecule has 11 nitrogen and oxygen atoms in total. The molecule has 0 aliphatic carbocycles. The quantitative estimate of drug-likeness (QED) is 0.349. The van der Waals surface area contributed by atoms with Crippen LogP contribution in [-0.2, 0) is 28.2 Å². The number of methoxy groups -OCH3 is 1. The molecule has 0 bridgehead atoms. The molecule has 3 heterocycles. The molecule has 0 radical (unpaired) electrons. The summed E-state index contributed by atoms with van der Waals surface area (Å²) in [5.41, 5.74) is 1.66. The van der Waals surface area contributed by atoms with E-state index >= 15 is 0 Å². The van der Waals surface area contributed by atoms with Crippen molar-refractivity contribution in [1.82, 2.24) is 29.6 Å². The summed E-state index contributed by atoms with van der Waals surface area (Å²) in [7, 11) is -0.451. The first-order chi connectivity index (χ1) is 17.3. The van der Waals surface area contributed by atoms with Crippen LogP contribution >= 0.6 is 0 Å². The number of nitrogens with zero attached hydrogens (tertiary/aromatic N) is 4. The molecule has 3 aromatic rings. The minimum Gasteiger partial charge on any atom is -0.493 e. The molecule has 12 heteroatoms. The van der Waals surface area contributed by atoms with Gasteiger partial charge in [-0.3, -0.25) is 9.48 Å². The third-order valence-corrected chi connectivity index (χ3v) is 7.61. The number of H-pyrrole nitrogens is 1. The van der Waals surface area contributed by atoms with E-state index in [1.807, 2.05) is 13.8 Å². The summed E-state index contributed by atoms with van der Waals surface area (Å²) in [6.07, 6.45) is 3.47. The van der Waals surface area contributed by atoms with Gasteiger partial charge in [0.25, 0.3) is 15.6 Å². The average molecular weight is 519 g/mol. The van der Waals surface area contributed by atoms with E-state index in [0.717, 1.165) is 25.0 Å². The summed E-state index contributed by atoms with van der Waals surface area (Å²) in [6, 6.07) is 4.58. The Morgan fingerprint density at radius 1 is 1.25 bits per heavy atom. The number of hydrogen-bond donors (Lipinski definition) is 2. The van der Waals surface area contributed by atoms with Gasteiger partial charge < -0.3 is 14.5 Å². The molecule has 2 N–H and O–H groups in total. The van der Waals surface area contributed by atoms with Crippen LogP contribution < -0.4 is 15.1 Å². The minimum atomic E-state index is -3.84. The van der Waals surface area contributed by atoms with Gasteiger partial charge in [0.1, 0.15) is 17.1 Å². The van der Waals surface area contributed by atoms with Gasteiger partial charge in [-0.1, -0.05) is 13.3 Å². The van der Waals surface area contributed by atoms with Crippen LogP contribution in [0.2, 0.25) is 0 Å². The molecule has 0 atom stereocenters. The predicted molar refractivity (Wildman–Crippen MR) is 136 cm³/mol. The van der Waals surface area contributed by atoms with Crippen molar-refractivity contribution in [3.05, 3.63) is 34.2 Å². The number of rotatable bonds is 12. The summed E-state index contributed by atoms with van der Waals surface area (Å²) in [5, 5.41) is 6.15. The Balaban J connectivity index is 1.65. The standard InChI is InChI=1S/C24H34N6O5S/c1-5-8-19-21-22(29(3)27-19)24(31)26-23(25-21)18-13-17(10-11-20(18)35-6-2)36(32,33)28-30-14-16(15-30)9-7-12-34-4/h10-11,13,16,28H,5-9,12,14-15H2,1-4H3,(H,25,26,31). The third kappa shape index (κ3) is 5.46. The van der Waals surface area contributed by atoms with Crippen LogP contribution in [0, 0.1) is 5.92 Å². The molecule has 1 aliphatic heterocycles. The van der Waals surface area contributed by atoms with Gasteiger partial charge in [0.05, 0.1) is 22.8 Å². The van der Waals surface area contributed by atoms with Crippen LogP contribution in [0.3, 0.4) is 0 Å². The first kappa shape index (κ1) is 26.3. The number of sulfonamides is 1. The fourth-order valence-corrected chi connectivity index (χ4v) is 5.60. The number of aromatic nitrogens is 4. The molecule has 4 rings (SSSR count). The molecule has 1 aliphatic rings. The highest BCUT2D eigenvalue weighted by molar-refractivity contribution is 7.89. The Hall–Kier alpha value is -2.80. The van der Waals surface area contributed by atoms with Crippen molar-refractivity contribution in [3.63, 3.8) is 0 Å². The molecule has 1 aromatic carbocycles. The molecule has 0 saturated carbocycles. The van der Waals surface area contributed by atoms with E-state index in [9.17, 15) is 13.2 Å². The Labute approximate surface area is 210 Å². The molecule has 1 saturated heterocycles. The smallest absolute Gasteiger partial charge is 0.277 e. The van der Waals surface area contributed by atoms with Crippen molar-refractivity contribution < 1.29 is 17.9 Å². The van der Waals surface area contributed by atoms with E-state index in [0.29, 0.717) is 61.0 Å². The molecule has 0 spiro atoms. The Morgan fingerprint density at radius 3 is 2.72 bits per heavy atom. The van der Waals surface area contributed by atoms with E-state index in [2.05, 4.69) is 14.9 Å². The SMILES string of the molecule is CCCc1nn(C)c2c(=O)[nH]c(-c3cc(S(=O)(=O)NN4CC(CCCOC)C4)ccc3OCC)nc12. The van der Waals surface area contributed by atoms with Crippen molar-refractivity contribution in [1.29, 1.82) is 0 Å². The fraction of sp³-hybridized carbons (Fsp3) is 0.542. The Kier molecular flexibility index (Phi) is 8.08. The normalized spacial score (nSPS) is 14.9. The van der Waals surface area contributed by atoms with Gasteiger partial charge in [0.2, 0.25) is 0 Å². The van der Waals surface area contributed by atoms with Gasteiger partial charge >= 0.3 is 0 Å². The number of fused-ring (bicyclic) bond motifs is 1. The van der Waals surface area contributed by atoms with Crippen molar-refractivity contribution in [2.45, 2.75) is 44.4 Å². The molecule has 196 valence electrons. The molecule has 0 amide bonds. The maximum Gasteiger partial charge on any atom is 0.277 e. The van der Waals surface area contributed by atoms with Crippen molar-refractivity contribution in [2.24, 2.45) is 13.0 Å². The highest BCUT2D eigenvalue weighted by atomic mass is 32.2. The number of aromatic amines is 1. The van der Waals surface area contributed by atoms with Crippen molar-refractivity contribution >= 4 is 21.1 Å². The molecular weight excluding hydrogens is 484 g/mol. The molecule has 0 unspecified atom stereocenters. The van der Waals surface area contributed by atoms with E-state index < -0.39 is 10.0 Å². The lowest BCUT2D eigenvalue weighted by molar-refractivity contribution is 0.0635. The van der Waals surface area contributed by atoms with Gasteiger partial charge in [-0.05, 0) is 50.3 Å². The monoisotopic (exact) mass is 518 g/mol. The molecule has 2 aromatic heterocycles. The summed E-state index contributed by atoms with van der Waals surface area (Å²) in [5.74, 6) is 1.11. The maximum atomic E-state index is 13.2. The summed E-state index contributed by atoms with van der Waals surface area (Å²) in [6.45, 7) is 6.25. The number of aryl methyl sites for hydroxylation is 2. The Morgan fingerprint density at radius 2 is 2.03 bits per heavy atom. The highest BCUT2D eigenvalue weighted by Crippen LogP contribution is 2.31. The van der Waals surface area contributed by atoms with Gasteiger partial charge in [-0.25, -0.2) is 18.4 Å². The predicted octanol–water partition coefficient (Wildman–Crippen LogP) is 2.23. The van der Waals surface area contributed by atoms with E-state index in [1.54, 1.807) is 25.2 Å². The number of hydrazine groups is 1. The van der Waals surface area contributed by atoms with Crippen LogP contribution in [-0.4, -0.2) is 66.6 Å². The topological polar surface area (TPSA) is 131 Å². The van der Waals surface area contributed by atoms with Crippen LogP contribution in [0.25, 0.3) is 22.4 Å². The minimum absolute atomic E-state index is 0.0616. The zero-order valence-electron chi connectivity index (χ0n) is 21.2. The van der Waals surface area contributed by atoms with Gasteiger partial charge in [-0.15, -0.1) is 4.83 Å². The van der Waals surface area contributed by atoms with Crippen LogP contribution in [0.1, 0.15) is 38.8 Å². The number of ether oxygens (including phenoxy) is 2.